The van der Waals surface area contributed by atoms with E-state index in [9.17, 15) is 14.4 Å². The molecule has 1 N–H and O–H groups in total. The summed E-state index contributed by atoms with van der Waals surface area (Å²) in [5.41, 5.74) is 0.453. The number of benzene rings is 1. The highest BCUT2D eigenvalue weighted by molar-refractivity contribution is 6.03. The Morgan fingerprint density at radius 2 is 1.86 bits per heavy atom. The molecule has 7 nitrogen and oxygen atoms in total. The molecule has 3 amide bonds. The average molecular weight is 382 g/mol. The SMILES string of the molecule is CN1C(=O)c2cc3ccccc3n2C[C@@]1(C)C(=O)NCC(=O)N1CCCCC1. The topological polar surface area (TPSA) is 74.6 Å². The Morgan fingerprint density at radius 3 is 2.61 bits per heavy atom. The van der Waals surface area contributed by atoms with Crippen molar-refractivity contribution in [3.05, 3.63) is 36.0 Å². The van der Waals surface area contributed by atoms with Gasteiger partial charge >= 0.3 is 0 Å². The normalized spacial score (nSPS) is 22.3. The van der Waals surface area contributed by atoms with Gasteiger partial charge in [0.25, 0.3) is 5.91 Å². The van der Waals surface area contributed by atoms with Crippen molar-refractivity contribution >= 4 is 28.6 Å². The largest absolute Gasteiger partial charge is 0.345 e. The Labute approximate surface area is 164 Å². The lowest BCUT2D eigenvalue weighted by molar-refractivity contribution is -0.137. The van der Waals surface area contributed by atoms with Crippen molar-refractivity contribution in [3.63, 3.8) is 0 Å². The Balaban J connectivity index is 1.54. The molecule has 0 aliphatic carbocycles. The van der Waals surface area contributed by atoms with Crippen LogP contribution in [0.15, 0.2) is 30.3 Å². The molecule has 4 rings (SSSR count). The third-order valence-corrected chi connectivity index (χ3v) is 6.14. The second kappa shape index (κ2) is 6.96. The first-order chi connectivity index (χ1) is 13.4. The number of amides is 3. The molecule has 148 valence electrons. The van der Waals surface area contributed by atoms with Crippen molar-refractivity contribution in [2.45, 2.75) is 38.3 Å². The summed E-state index contributed by atoms with van der Waals surface area (Å²) in [6.07, 6.45) is 3.17. The second-order valence-electron chi connectivity index (χ2n) is 7.94. The molecule has 1 aromatic heterocycles. The molecule has 0 saturated carbocycles. The van der Waals surface area contributed by atoms with Crippen LogP contribution in [0, 0.1) is 0 Å². The minimum atomic E-state index is -1.06. The zero-order valence-corrected chi connectivity index (χ0v) is 16.4. The Kier molecular flexibility index (Phi) is 4.61. The van der Waals surface area contributed by atoms with Crippen molar-refractivity contribution in [1.82, 2.24) is 19.7 Å². The first-order valence-corrected chi connectivity index (χ1v) is 9.84. The molecule has 1 aromatic carbocycles. The molecule has 0 radical (unpaired) electrons. The lowest BCUT2D eigenvalue weighted by Crippen LogP contribution is -2.63. The highest BCUT2D eigenvalue weighted by Crippen LogP contribution is 2.31. The number of likely N-dealkylation sites (tertiary alicyclic amines) is 1. The third kappa shape index (κ3) is 2.95. The number of carbonyl (C=O) groups is 3. The van der Waals surface area contributed by atoms with Gasteiger partial charge < -0.3 is 19.7 Å². The van der Waals surface area contributed by atoms with Gasteiger partial charge in [-0.15, -0.1) is 0 Å². The van der Waals surface area contributed by atoms with Crippen LogP contribution in [0.4, 0.5) is 0 Å². The fourth-order valence-corrected chi connectivity index (χ4v) is 4.19. The van der Waals surface area contributed by atoms with Gasteiger partial charge in [0.2, 0.25) is 11.8 Å². The molecule has 0 unspecified atom stereocenters. The van der Waals surface area contributed by atoms with Gasteiger partial charge in [-0.25, -0.2) is 0 Å². The van der Waals surface area contributed by atoms with Crippen molar-refractivity contribution in [2.24, 2.45) is 0 Å². The Morgan fingerprint density at radius 1 is 1.14 bits per heavy atom. The Hall–Kier alpha value is -2.83. The molecular weight excluding hydrogens is 356 g/mol. The van der Waals surface area contributed by atoms with E-state index in [2.05, 4.69) is 5.32 Å². The predicted molar refractivity (Wildman–Crippen MR) is 106 cm³/mol. The molecule has 7 heteroatoms. The minimum Gasteiger partial charge on any atom is -0.345 e. The summed E-state index contributed by atoms with van der Waals surface area (Å²) in [6.45, 7) is 3.58. The number of fused-ring (bicyclic) bond motifs is 3. The fourth-order valence-electron chi connectivity index (χ4n) is 4.19. The van der Waals surface area contributed by atoms with Gasteiger partial charge in [-0.1, -0.05) is 18.2 Å². The molecule has 3 heterocycles. The van der Waals surface area contributed by atoms with Crippen LogP contribution in [0.1, 0.15) is 36.7 Å². The van der Waals surface area contributed by atoms with Crippen LogP contribution in [0.2, 0.25) is 0 Å². The summed E-state index contributed by atoms with van der Waals surface area (Å²) in [7, 11) is 1.65. The number of rotatable bonds is 3. The molecule has 2 aromatic rings. The number of para-hydroxylation sites is 1. The van der Waals surface area contributed by atoms with Crippen LogP contribution in [0.5, 0.6) is 0 Å². The molecule has 28 heavy (non-hydrogen) atoms. The predicted octanol–water partition coefficient (Wildman–Crippen LogP) is 1.61. The zero-order chi connectivity index (χ0) is 19.9. The number of hydrogen-bond donors (Lipinski definition) is 1. The summed E-state index contributed by atoms with van der Waals surface area (Å²) in [4.78, 5) is 41.7. The maximum atomic E-state index is 13.0. The van der Waals surface area contributed by atoms with E-state index >= 15 is 0 Å². The number of piperidine rings is 1. The monoisotopic (exact) mass is 382 g/mol. The van der Waals surface area contributed by atoms with E-state index in [-0.39, 0.29) is 24.3 Å². The van der Waals surface area contributed by atoms with Gasteiger partial charge in [0.15, 0.2) is 0 Å². The summed E-state index contributed by atoms with van der Waals surface area (Å²) in [5, 5.41) is 3.75. The molecule has 1 fully saturated rings. The van der Waals surface area contributed by atoms with E-state index in [4.69, 9.17) is 0 Å². The minimum absolute atomic E-state index is 0.0320. The van der Waals surface area contributed by atoms with E-state index in [0.717, 1.165) is 43.3 Å². The first kappa shape index (κ1) is 18.5. The number of nitrogens with zero attached hydrogens (tertiary/aromatic N) is 3. The van der Waals surface area contributed by atoms with Crippen molar-refractivity contribution in [3.8, 4) is 0 Å². The van der Waals surface area contributed by atoms with E-state index in [0.29, 0.717) is 12.2 Å². The van der Waals surface area contributed by atoms with Gasteiger partial charge in [-0.2, -0.15) is 0 Å². The molecule has 0 spiro atoms. The smallest absolute Gasteiger partial charge is 0.271 e. The van der Waals surface area contributed by atoms with Gasteiger partial charge in [0, 0.05) is 31.0 Å². The lowest BCUT2D eigenvalue weighted by Gasteiger charge is -2.42. The van der Waals surface area contributed by atoms with Crippen LogP contribution in [0.3, 0.4) is 0 Å². The molecule has 2 aliphatic rings. The highest BCUT2D eigenvalue weighted by Gasteiger charge is 2.45. The van der Waals surface area contributed by atoms with Crippen LogP contribution in [-0.2, 0) is 16.1 Å². The van der Waals surface area contributed by atoms with Crippen molar-refractivity contribution in [1.29, 1.82) is 0 Å². The van der Waals surface area contributed by atoms with Crippen molar-refractivity contribution < 1.29 is 14.4 Å². The van der Waals surface area contributed by atoms with E-state index < -0.39 is 5.54 Å². The third-order valence-electron chi connectivity index (χ3n) is 6.14. The van der Waals surface area contributed by atoms with E-state index in [1.54, 1.807) is 18.9 Å². The first-order valence-electron chi connectivity index (χ1n) is 9.84. The van der Waals surface area contributed by atoms with Crippen LogP contribution >= 0.6 is 0 Å². The maximum Gasteiger partial charge on any atom is 0.271 e. The maximum absolute atomic E-state index is 13.0. The number of hydrogen-bond acceptors (Lipinski definition) is 3. The second-order valence-corrected chi connectivity index (χ2v) is 7.94. The molecule has 1 atom stereocenters. The van der Waals surface area contributed by atoms with Gasteiger partial charge in [0.05, 0.1) is 13.1 Å². The molecule has 1 saturated heterocycles. The summed E-state index contributed by atoms with van der Waals surface area (Å²) in [5.74, 6) is -0.562. The molecule has 2 aliphatic heterocycles. The van der Waals surface area contributed by atoms with E-state index in [1.807, 2.05) is 34.9 Å². The summed E-state index contributed by atoms with van der Waals surface area (Å²) < 4.78 is 1.91. The van der Waals surface area contributed by atoms with Crippen LogP contribution in [0.25, 0.3) is 10.9 Å². The van der Waals surface area contributed by atoms with Crippen molar-refractivity contribution in [2.75, 3.05) is 26.7 Å². The standard InChI is InChI=1S/C21H26N4O3/c1-21(20(28)22-13-18(26)24-10-6-3-7-11-24)14-25-16-9-5-4-8-15(16)12-17(25)19(27)23(21)2/h4-5,8-9,12H,3,6-7,10-11,13-14H2,1-2H3,(H,22,28)/t21-/m0/s1. The number of carbonyl (C=O) groups excluding carboxylic acids is 3. The number of likely N-dealkylation sites (N-methyl/N-ethyl adjacent to an activating group) is 1. The Bertz CT molecular complexity index is 944. The highest BCUT2D eigenvalue weighted by atomic mass is 16.2. The average Bonchev–Trinajstić information content (AvgIpc) is 3.09. The summed E-state index contributed by atoms with van der Waals surface area (Å²) in [6, 6.07) is 9.64. The molecular formula is C21H26N4O3. The van der Waals surface area contributed by atoms with Gasteiger partial charge in [-0.05, 0) is 38.3 Å². The fraction of sp³-hybridized carbons (Fsp3) is 0.476. The quantitative estimate of drug-likeness (QED) is 0.877. The van der Waals surface area contributed by atoms with Crippen LogP contribution < -0.4 is 5.32 Å². The number of aromatic nitrogens is 1. The number of nitrogens with one attached hydrogen (secondary N) is 1. The van der Waals surface area contributed by atoms with Gasteiger partial charge in [-0.3, -0.25) is 14.4 Å². The molecule has 0 bridgehead atoms. The lowest BCUT2D eigenvalue weighted by atomic mass is 9.95. The van der Waals surface area contributed by atoms with Gasteiger partial charge in [0.1, 0.15) is 11.2 Å². The zero-order valence-electron chi connectivity index (χ0n) is 16.4. The van der Waals surface area contributed by atoms with Crippen LogP contribution in [-0.4, -0.2) is 64.3 Å². The van der Waals surface area contributed by atoms with E-state index in [1.165, 1.54) is 4.90 Å². The summed E-state index contributed by atoms with van der Waals surface area (Å²) >= 11 is 0.